The molecule has 19 heavy (non-hydrogen) atoms. The predicted octanol–water partition coefficient (Wildman–Crippen LogP) is 0.203. The van der Waals surface area contributed by atoms with Gasteiger partial charge in [-0.25, -0.2) is 0 Å². The third-order valence-corrected chi connectivity index (χ3v) is 3.72. The van der Waals surface area contributed by atoms with Gasteiger partial charge < -0.3 is 4.90 Å². The maximum Gasteiger partial charge on any atom is 0.246 e. The van der Waals surface area contributed by atoms with Gasteiger partial charge in [0.2, 0.25) is 17.7 Å². The summed E-state index contributed by atoms with van der Waals surface area (Å²) in [5.74, 6) is -0.927. The first-order chi connectivity index (χ1) is 9.12. The van der Waals surface area contributed by atoms with Crippen molar-refractivity contribution in [2.45, 2.75) is 18.3 Å². The standard InChI is InChI=1S/C14H14N2O3/c17-11-8-16(9-12(18)15-11)13(19)14(6-7-14)10-4-2-1-3-5-10/h1-5H,6-9H2,(H,15,17,18). The van der Waals surface area contributed by atoms with Crippen LogP contribution in [0.5, 0.6) is 0 Å². The number of benzene rings is 1. The maximum absolute atomic E-state index is 12.6. The zero-order valence-electron chi connectivity index (χ0n) is 10.4. The van der Waals surface area contributed by atoms with E-state index in [0.29, 0.717) is 0 Å². The molecular formula is C14H14N2O3. The van der Waals surface area contributed by atoms with Gasteiger partial charge in [0.1, 0.15) is 13.1 Å². The number of hydrogen-bond donors (Lipinski definition) is 1. The smallest absolute Gasteiger partial charge is 0.246 e. The van der Waals surface area contributed by atoms with E-state index in [4.69, 9.17) is 0 Å². The first kappa shape index (κ1) is 11.9. The fraction of sp³-hybridized carbons (Fsp3) is 0.357. The molecular weight excluding hydrogens is 244 g/mol. The Morgan fingerprint density at radius 1 is 1.05 bits per heavy atom. The summed E-state index contributed by atoms with van der Waals surface area (Å²) >= 11 is 0. The number of nitrogens with zero attached hydrogens (tertiary/aromatic N) is 1. The molecule has 3 amide bonds. The molecule has 1 aromatic carbocycles. The lowest BCUT2D eigenvalue weighted by Crippen LogP contribution is -2.55. The second kappa shape index (κ2) is 4.19. The van der Waals surface area contributed by atoms with Gasteiger partial charge in [0.25, 0.3) is 0 Å². The Hall–Kier alpha value is -2.17. The van der Waals surface area contributed by atoms with Gasteiger partial charge in [-0.2, -0.15) is 0 Å². The lowest BCUT2D eigenvalue weighted by Gasteiger charge is -2.29. The average Bonchev–Trinajstić information content (AvgIpc) is 3.19. The number of hydrogen-bond acceptors (Lipinski definition) is 3. The van der Waals surface area contributed by atoms with E-state index in [1.54, 1.807) is 0 Å². The van der Waals surface area contributed by atoms with E-state index in [-0.39, 0.29) is 19.0 Å². The number of carbonyl (C=O) groups is 3. The zero-order chi connectivity index (χ0) is 13.5. The van der Waals surface area contributed by atoms with E-state index in [9.17, 15) is 14.4 Å². The zero-order valence-corrected chi connectivity index (χ0v) is 10.4. The van der Waals surface area contributed by atoms with Crippen molar-refractivity contribution >= 4 is 17.7 Å². The largest absolute Gasteiger partial charge is 0.323 e. The lowest BCUT2D eigenvalue weighted by molar-refractivity contribution is -0.146. The van der Waals surface area contributed by atoms with Crippen LogP contribution >= 0.6 is 0 Å². The molecule has 5 nitrogen and oxygen atoms in total. The molecule has 0 atom stereocenters. The SMILES string of the molecule is O=C1CN(C(=O)C2(c3ccccc3)CC2)CC(=O)N1. The van der Waals surface area contributed by atoms with E-state index >= 15 is 0 Å². The molecule has 1 aliphatic heterocycles. The number of imide groups is 1. The normalized spacial score (nSPS) is 20.9. The lowest BCUT2D eigenvalue weighted by atomic mass is 9.94. The molecule has 3 rings (SSSR count). The summed E-state index contributed by atoms with van der Waals surface area (Å²) in [6.07, 6.45) is 1.56. The minimum Gasteiger partial charge on any atom is -0.323 e. The third-order valence-electron chi connectivity index (χ3n) is 3.72. The number of nitrogens with one attached hydrogen (secondary N) is 1. The van der Waals surface area contributed by atoms with Crippen LogP contribution in [0.2, 0.25) is 0 Å². The summed E-state index contributed by atoms with van der Waals surface area (Å²) in [6, 6.07) is 9.56. The Bertz CT molecular complexity index is 533. The summed E-state index contributed by atoms with van der Waals surface area (Å²) in [7, 11) is 0. The van der Waals surface area contributed by atoms with Crippen molar-refractivity contribution in [1.82, 2.24) is 10.2 Å². The van der Waals surface area contributed by atoms with Crippen molar-refractivity contribution in [3.8, 4) is 0 Å². The van der Waals surface area contributed by atoms with E-state index in [0.717, 1.165) is 18.4 Å². The molecule has 1 N–H and O–H groups in total. The molecule has 0 unspecified atom stereocenters. The molecule has 0 bridgehead atoms. The van der Waals surface area contributed by atoms with Crippen molar-refractivity contribution in [2.75, 3.05) is 13.1 Å². The summed E-state index contributed by atoms with van der Waals surface area (Å²) in [5, 5.41) is 2.20. The second-order valence-corrected chi connectivity index (χ2v) is 5.08. The molecule has 98 valence electrons. The minimum absolute atomic E-state index is 0.0286. The van der Waals surface area contributed by atoms with E-state index in [2.05, 4.69) is 5.32 Å². The summed E-state index contributed by atoms with van der Waals surface area (Å²) in [4.78, 5) is 36.6. The molecule has 1 saturated heterocycles. The third kappa shape index (κ3) is 2.01. The van der Waals surface area contributed by atoms with Gasteiger partial charge in [0.15, 0.2) is 0 Å². The molecule has 0 spiro atoms. The minimum atomic E-state index is -0.515. The maximum atomic E-state index is 12.6. The fourth-order valence-corrected chi connectivity index (χ4v) is 2.59. The quantitative estimate of drug-likeness (QED) is 0.771. The van der Waals surface area contributed by atoms with Gasteiger partial charge in [-0.15, -0.1) is 0 Å². The highest BCUT2D eigenvalue weighted by molar-refractivity contribution is 6.04. The Kier molecular flexibility index (Phi) is 2.62. The first-order valence-electron chi connectivity index (χ1n) is 6.29. The Balaban J connectivity index is 1.84. The van der Waals surface area contributed by atoms with Crippen molar-refractivity contribution < 1.29 is 14.4 Å². The molecule has 5 heteroatoms. The van der Waals surface area contributed by atoms with Crippen LogP contribution in [0.25, 0.3) is 0 Å². The van der Waals surface area contributed by atoms with Gasteiger partial charge in [0, 0.05) is 0 Å². The van der Waals surface area contributed by atoms with Crippen LogP contribution in [0.4, 0.5) is 0 Å². The van der Waals surface area contributed by atoms with Crippen molar-refractivity contribution in [3.63, 3.8) is 0 Å². The number of amides is 3. The van der Waals surface area contributed by atoms with Gasteiger partial charge in [-0.1, -0.05) is 30.3 Å². The molecule has 1 heterocycles. The van der Waals surface area contributed by atoms with E-state index in [1.165, 1.54) is 4.90 Å². The van der Waals surface area contributed by atoms with Crippen LogP contribution in [0.15, 0.2) is 30.3 Å². The van der Waals surface area contributed by atoms with Crippen LogP contribution in [-0.4, -0.2) is 35.7 Å². The van der Waals surface area contributed by atoms with Gasteiger partial charge in [0.05, 0.1) is 5.41 Å². The van der Waals surface area contributed by atoms with Crippen molar-refractivity contribution in [3.05, 3.63) is 35.9 Å². The van der Waals surface area contributed by atoms with Crippen LogP contribution in [-0.2, 0) is 19.8 Å². The highest BCUT2D eigenvalue weighted by Crippen LogP contribution is 2.49. The second-order valence-electron chi connectivity index (χ2n) is 5.08. The van der Waals surface area contributed by atoms with Crippen LogP contribution in [0.1, 0.15) is 18.4 Å². The fourth-order valence-electron chi connectivity index (χ4n) is 2.59. The van der Waals surface area contributed by atoms with Gasteiger partial charge >= 0.3 is 0 Å². The van der Waals surface area contributed by atoms with Crippen molar-refractivity contribution in [1.29, 1.82) is 0 Å². The Labute approximate surface area is 110 Å². The topological polar surface area (TPSA) is 66.5 Å². The Morgan fingerprint density at radius 2 is 1.63 bits per heavy atom. The molecule has 0 aromatic heterocycles. The molecule has 2 aliphatic rings. The first-order valence-corrected chi connectivity index (χ1v) is 6.29. The number of piperazine rings is 1. The van der Waals surface area contributed by atoms with E-state index < -0.39 is 17.2 Å². The predicted molar refractivity (Wildman–Crippen MR) is 67.1 cm³/mol. The monoisotopic (exact) mass is 258 g/mol. The summed E-state index contributed by atoms with van der Waals surface area (Å²) < 4.78 is 0. The molecule has 1 aliphatic carbocycles. The average molecular weight is 258 g/mol. The van der Waals surface area contributed by atoms with E-state index in [1.807, 2.05) is 30.3 Å². The van der Waals surface area contributed by atoms with Crippen molar-refractivity contribution in [2.24, 2.45) is 0 Å². The summed E-state index contributed by atoms with van der Waals surface area (Å²) in [5.41, 5.74) is 0.456. The highest BCUT2D eigenvalue weighted by atomic mass is 16.2. The summed E-state index contributed by atoms with van der Waals surface area (Å²) in [6.45, 7) is -0.0572. The molecule has 0 radical (unpaired) electrons. The van der Waals surface area contributed by atoms with Crippen LogP contribution in [0, 0.1) is 0 Å². The van der Waals surface area contributed by atoms with Crippen LogP contribution < -0.4 is 5.32 Å². The highest BCUT2D eigenvalue weighted by Gasteiger charge is 2.53. The molecule has 1 aromatic rings. The Morgan fingerprint density at radius 3 is 2.16 bits per heavy atom. The van der Waals surface area contributed by atoms with Crippen LogP contribution in [0.3, 0.4) is 0 Å². The number of rotatable bonds is 2. The number of carbonyl (C=O) groups excluding carboxylic acids is 3. The van der Waals surface area contributed by atoms with Gasteiger partial charge in [-0.05, 0) is 18.4 Å². The molecule has 2 fully saturated rings. The van der Waals surface area contributed by atoms with Gasteiger partial charge in [-0.3, -0.25) is 19.7 Å². The molecule has 1 saturated carbocycles.